The van der Waals surface area contributed by atoms with Crippen LogP contribution in [0, 0.1) is 43.4 Å². The minimum Gasteiger partial charge on any atom is -0.0805 e. The van der Waals surface area contributed by atoms with Gasteiger partial charge in [0.15, 0.2) is 0 Å². The molecule has 0 saturated heterocycles. The average molecular weight is 369 g/mol. The van der Waals surface area contributed by atoms with Gasteiger partial charge >= 0.3 is 0 Å². The summed E-state index contributed by atoms with van der Waals surface area (Å²) in [5.41, 5.74) is 5.79. The highest BCUT2D eigenvalue weighted by molar-refractivity contribution is 5.39. The van der Waals surface area contributed by atoms with E-state index in [4.69, 9.17) is 0 Å². The molecule has 5 rings (SSSR count). The maximum Gasteiger partial charge on any atom is 0.0126 e. The fraction of sp³-hybridized carbons (Fsp3) is 0.429. The average Bonchev–Trinajstić information content (AvgIpc) is 3.03. The molecule has 2 aromatic rings. The van der Waals surface area contributed by atoms with Gasteiger partial charge in [-0.05, 0) is 67.4 Å². The molecular weight excluding hydrogens is 336 g/mol. The zero-order chi connectivity index (χ0) is 19.1. The van der Waals surface area contributed by atoms with Gasteiger partial charge in [-0.2, -0.15) is 0 Å². The summed E-state index contributed by atoms with van der Waals surface area (Å²) in [6, 6.07) is 18.6. The highest BCUT2D eigenvalue weighted by atomic mass is 14.6. The molecule has 2 aromatic carbocycles. The van der Waals surface area contributed by atoms with Crippen LogP contribution >= 0.6 is 0 Å². The predicted octanol–water partition coefficient (Wildman–Crippen LogP) is 7.23. The van der Waals surface area contributed by atoms with Crippen LogP contribution in [0.25, 0.3) is 0 Å². The predicted molar refractivity (Wildman–Crippen MR) is 118 cm³/mol. The fourth-order valence-electron chi connectivity index (χ4n) is 6.72. The van der Waals surface area contributed by atoms with Gasteiger partial charge in [0.1, 0.15) is 0 Å². The van der Waals surface area contributed by atoms with E-state index in [0.29, 0.717) is 17.8 Å². The number of rotatable bonds is 3. The Balaban J connectivity index is 1.65. The molecular formula is C28H32. The van der Waals surface area contributed by atoms with E-state index < -0.39 is 0 Å². The zero-order valence-electron chi connectivity index (χ0n) is 17.2. The first-order valence-electron chi connectivity index (χ1n) is 11.2. The number of aryl methyl sites for hydroxylation is 2. The highest BCUT2D eigenvalue weighted by Gasteiger charge is 2.52. The van der Waals surface area contributed by atoms with Crippen LogP contribution in [0.2, 0.25) is 0 Å². The van der Waals surface area contributed by atoms with E-state index in [1.165, 1.54) is 47.9 Å². The first kappa shape index (κ1) is 18.0. The molecule has 0 bridgehead atoms. The Bertz CT molecular complexity index is 856. The Hall–Kier alpha value is -2.08. The SMILES string of the molecule is Cc1cccc(C(c2cccc(C)c2)C2C3C=CC=CC3C3CCCCC32)c1. The first-order chi connectivity index (χ1) is 13.7. The quantitative estimate of drug-likeness (QED) is 0.536. The number of hydrogen-bond donors (Lipinski definition) is 0. The van der Waals surface area contributed by atoms with Crippen molar-refractivity contribution in [2.24, 2.45) is 29.6 Å². The zero-order valence-corrected chi connectivity index (χ0v) is 17.2. The second kappa shape index (κ2) is 7.39. The second-order valence-electron chi connectivity index (χ2n) is 9.42. The standard InChI is InChI=1S/C28H32/c1-19-9-7-11-21(17-19)27(22-12-8-10-20(2)18-22)28-25-15-5-3-13-23(25)24-14-4-6-16-26(24)28/h3,5,7-13,15,17-18,23-28H,4,6,14,16H2,1-2H3. The van der Waals surface area contributed by atoms with Crippen LogP contribution < -0.4 is 0 Å². The third kappa shape index (κ3) is 3.08. The van der Waals surface area contributed by atoms with Crippen LogP contribution in [0.3, 0.4) is 0 Å². The van der Waals surface area contributed by atoms with Crippen molar-refractivity contribution in [1.82, 2.24) is 0 Å². The molecule has 2 fully saturated rings. The maximum absolute atomic E-state index is 2.55. The minimum atomic E-state index is 0.497. The molecule has 5 atom stereocenters. The molecule has 0 heteroatoms. The smallest absolute Gasteiger partial charge is 0.0126 e. The highest BCUT2D eigenvalue weighted by Crippen LogP contribution is 2.59. The van der Waals surface area contributed by atoms with Gasteiger partial charge in [-0.3, -0.25) is 0 Å². The maximum atomic E-state index is 2.55. The van der Waals surface area contributed by atoms with E-state index in [9.17, 15) is 0 Å². The summed E-state index contributed by atoms with van der Waals surface area (Å²) in [7, 11) is 0. The van der Waals surface area contributed by atoms with Crippen molar-refractivity contribution in [2.75, 3.05) is 0 Å². The van der Waals surface area contributed by atoms with E-state index in [-0.39, 0.29) is 0 Å². The lowest BCUT2D eigenvalue weighted by Gasteiger charge is -2.36. The third-order valence-corrected chi connectivity index (χ3v) is 7.72. The van der Waals surface area contributed by atoms with Crippen LogP contribution in [0.5, 0.6) is 0 Å². The number of benzene rings is 2. The van der Waals surface area contributed by atoms with Gasteiger partial charge in [0.25, 0.3) is 0 Å². The lowest BCUT2D eigenvalue weighted by Crippen LogP contribution is -2.27. The Kier molecular flexibility index (Phi) is 4.75. The van der Waals surface area contributed by atoms with Crippen molar-refractivity contribution in [3.63, 3.8) is 0 Å². The monoisotopic (exact) mass is 368 g/mol. The van der Waals surface area contributed by atoms with Gasteiger partial charge < -0.3 is 0 Å². The molecule has 28 heavy (non-hydrogen) atoms. The summed E-state index contributed by atoms with van der Waals surface area (Å²) in [4.78, 5) is 0. The lowest BCUT2D eigenvalue weighted by atomic mass is 9.68. The van der Waals surface area contributed by atoms with Crippen LogP contribution in [0.15, 0.2) is 72.8 Å². The molecule has 0 radical (unpaired) electrons. The van der Waals surface area contributed by atoms with E-state index >= 15 is 0 Å². The van der Waals surface area contributed by atoms with E-state index in [1.807, 2.05) is 0 Å². The van der Waals surface area contributed by atoms with Crippen LogP contribution in [0.1, 0.15) is 53.9 Å². The van der Waals surface area contributed by atoms with Gasteiger partial charge in [0.05, 0.1) is 0 Å². The van der Waals surface area contributed by atoms with E-state index in [2.05, 4.69) is 86.7 Å². The van der Waals surface area contributed by atoms with Gasteiger partial charge in [0, 0.05) is 5.92 Å². The molecule has 2 saturated carbocycles. The first-order valence-corrected chi connectivity index (χ1v) is 11.2. The molecule has 5 unspecified atom stereocenters. The molecule has 3 aliphatic rings. The van der Waals surface area contributed by atoms with Crippen LogP contribution in [-0.4, -0.2) is 0 Å². The van der Waals surface area contributed by atoms with Crippen LogP contribution in [-0.2, 0) is 0 Å². The Morgan fingerprint density at radius 3 is 1.89 bits per heavy atom. The second-order valence-corrected chi connectivity index (χ2v) is 9.42. The van der Waals surface area contributed by atoms with Gasteiger partial charge in [-0.15, -0.1) is 0 Å². The summed E-state index contributed by atoms with van der Waals surface area (Å²) >= 11 is 0. The Labute approximate surface area is 170 Å². The van der Waals surface area contributed by atoms with E-state index in [1.54, 1.807) is 0 Å². The molecule has 0 N–H and O–H groups in total. The summed E-state index contributed by atoms with van der Waals surface area (Å²) in [5.74, 6) is 4.36. The van der Waals surface area contributed by atoms with Crippen LogP contribution in [0.4, 0.5) is 0 Å². The Morgan fingerprint density at radius 2 is 1.29 bits per heavy atom. The number of allylic oxidation sites excluding steroid dienone is 4. The van der Waals surface area contributed by atoms with Crippen molar-refractivity contribution < 1.29 is 0 Å². The molecule has 0 spiro atoms. The summed E-state index contributed by atoms with van der Waals surface area (Å²) in [5, 5.41) is 0. The molecule has 0 aromatic heterocycles. The minimum absolute atomic E-state index is 0.497. The normalized spacial score (nSPS) is 31.0. The number of hydrogen-bond acceptors (Lipinski definition) is 0. The van der Waals surface area contributed by atoms with Crippen molar-refractivity contribution in [3.05, 3.63) is 95.1 Å². The van der Waals surface area contributed by atoms with Crippen molar-refractivity contribution >= 4 is 0 Å². The molecule has 0 aliphatic heterocycles. The van der Waals surface area contributed by atoms with Gasteiger partial charge in [0.2, 0.25) is 0 Å². The van der Waals surface area contributed by atoms with E-state index in [0.717, 1.165) is 17.8 Å². The summed E-state index contributed by atoms with van der Waals surface area (Å²) in [6.07, 6.45) is 15.4. The topological polar surface area (TPSA) is 0 Å². The molecule has 144 valence electrons. The fourth-order valence-corrected chi connectivity index (χ4v) is 6.72. The van der Waals surface area contributed by atoms with Gasteiger partial charge in [-0.25, -0.2) is 0 Å². The van der Waals surface area contributed by atoms with Crippen molar-refractivity contribution in [1.29, 1.82) is 0 Å². The molecule has 0 nitrogen and oxygen atoms in total. The Morgan fingerprint density at radius 1 is 0.714 bits per heavy atom. The van der Waals surface area contributed by atoms with Crippen molar-refractivity contribution in [3.8, 4) is 0 Å². The van der Waals surface area contributed by atoms with Gasteiger partial charge in [-0.1, -0.05) is 96.8 Å². The molecule has 3 aliphatic carbocycles. The number of fused-ring (bicyclic) bond motifs is 3. The molecule has 0 amide bonds. The van der Waals surface area contributed by atoms with Crippen molar-refractivity contribution in [2.45, 2.75) is 45.4 Å². The largest absolute Gasteiger partial charge is 0.0805 e. The lowest BCUT2D eigenvalue weighted by molar-refractivity contribution is 0.202. The molecule has 0 heterocycles. The third-order valence-electron chi connectivity index (χ3n) is 7.72. The summed E-state index contributed by atoms with van der Waals surface area (Å²) in [6.45, 7) is 4.47. The summed E-state index contributed by atoms with van der Waals surface area (Å²) < 4.78 is 0.